The lowest BCUT2D eigenvalue weighted by Crippen LogP contribution is -2.54. The number of amides is 5. The van der Waals surface area contributed by atoms with Gasteiger partial charge in [-0.25, -0.2) is 24.3 Å². The Morgan fingerprint density at radius 3 is 2.31 bits per heavy atom. The van der Waals surface area contributed by atoms with Gasteiger partial charge in [0.05, 0.1) is 71.9 Å². The number of carbonyl (C=O) groups is 5. The second-order valence-corrected chi connectivity index (χ2v) is 27.1. The van der Waals surface area contributed by atoms with Crippen molar-refractivity contribution in [2.24, 2.45) is 17.6 Å². The number of nitrogens with two attached hydrogens (primary N) is 1. The predicted molar refractivity (Wildman–Crippen MR) is 330 cm³/mol. The number of hydrogen-bond acceptors (Lipinski definition) is 25. The van der Waals surface area contributed by atoms with E-state index in [9.17, 15) is 43.3 Å². The molecule has 5 heterocycles. The van der Waals surface area contributed by atoms with Crippen LogP contribution in [-0.4, -0.2) is 196 Å². The number of nitrogens with one attached hydrogen (secondary N) is 5. The smallest absolute Gasteiger partial charge is 0.410 e. The van der Waals surface area contributed by atoms with Crippen LogP contribution in [0.4, 0.5) is 16.4 Å². The molecule has 36 heteroatoms. The van der Waals surface area contributed by atoms with Crippen LogP contribution >= 0.6 is 25.8 Å². The third-order valence-electron chi connectivity index (χ3n) is 14.3. The average Bonchev–Trinajstić information content (AvgIpc) is 1.64. The highest BCUT2D eigenvalue weighted by Gasteiger charge is 2.51. The second-order valence-electron chi connectivity index (χ2n) is 21.5. The molecule has 3 fully saturated rings. The van der Waals surface area contributed by atoms with Gasteiger partial charge in [0.2, 0.25) is 29.5 Å². The van der Waals surface area contributed by atoms with E-state index in [4.69, 9.17) is 68.8 Å². The van der Waals surface area contributed by atoms with E-state index in [1.807, 2.05) is 0 Å². The Kier molecular flexibility index (Phi) is 25.9. The topological polar surface area (TPSA) is 411 Å². The number of carbonyl (C=O) groups excluding carboxylic acids is 5. The Morgan fingerprint density at radius 2 is 1.60 bits per heavy atom. The first-order chi connectivity index (χ1) is 43.6. The van der Waals surface area contributed by atoms with Crippen molar-refractivity contribution in [1.29, 1.82) is 0 Å². The Balaban J connectivity index is 0.810. The SMILES string of the molecule is CC(C)[C@H](NC(=O)COCCOCCOCCOCCN)C(=O)N[C@@H](C)C(=O)Nc1ccc(COC(=O)N(C)Cc2ccccc2C(=O)Nc2nc3c(ncn3[C@@H]3O[C@@H]4COP(O)(=S)O[C@H]5C[C@H](Oc6ccncn6)C[C@@H]5COP(=O)(S)O[C@@H]3[C@@H]4O)c(=O)[nH]2)cc1. The van der Waals surface area contributed by atoms with E-state index >= 15 is 0 Å². The maximum atomic E-state index is 14.0. The number of thiol groups is 1. The molecule has 32 nitrogen and oxygen atoms in total. The monoisotopic (exact) mass is 1350 g/mol. The number of aliphatic hydroxyl groups excluding tert-OH is 1. The summed E-state index contributed by atoms with van der Waals surface area (Å²) in [5.41, 5.74) is 5.61. The minimum Gasteiger partial charge on any atom is -0.474 e. The number of aromatic nitrogens is 6. The second kappa shape index (κ2) is 33.4. The number of aliphatic hydroxyl groups is 1. The molecule has 8 rings (SSSR count). The van der Waals surface area contributed by atoms with Crippen LogP contribution in [0.15, 0.2) is 78.2 Å². The molecule has 2 unspecified atom stereocenters. The van der Waals surface area contributed by atoms with E-state index in [0.29, 0.717) is 68.7 Å². The first-order valence-electron chi connectivity index (χ1n) is 28.9. The molecule has 2 aliphatic heterocycles. The normalized spacial score (nSPS) is 24.0. The third kappa shape index (κ3) is 20.5. The first-order valence-corrected chi connectivity index (χ1v) is 34.2. The highest BCUT2D eigenvalue weighted by molar-refractivity contribution is 8.44. The number of anilines is 2. The summed E-state index contributed by atoms with van der Waals surface area (Å²) in [7, 11) is 1.47. The van der Waals surface area contributed by atoms with Gasteiger partial charge in [-0.15, -0.1) is 0 Å². The Bertz CT molecular complexity index is 3430. The van der Waals surface area contributed by atoms with E-state index in [0.717, 1.165) is 6.33 Å². The van der Waals surface area contributed by atoms with Crippen molar-refractivity contribution in [1.82, 2.24) is 45.0 Å². The number of fused-ring (bicyclic) bond motifs is 4. The van der Waals surface area contributed by atoms with E-state index in [-0.39, 0.29) is 74.6 Å². The van der Waals surface area contributed by atoms with Gasteiger partial charge in [-0.3, -0.25) is 43.4 Å². The minimum absolute atomic E-state index is 0.0955. The van der Waals surface area contributed by atoms with Gasteiger partial charge >= 0.3 is 19.6 Å². The summed E-state index contributed by atoms with van der Waals surface area (Å²) in [5.74, 6) is -3.28. The van der Waals surface area contributed by atoms with E-state index < -0.39 is 110 Å². The molecular weight excluding hydrogens is 1270 g/mol. The zero-order chi connectivity index (χ0) is 65.2. The quantitative estimate of drug-likeness (QED) is 0.0197. The van der Waals surface area contributed by atoms with Crippen LogP contribution in [0.2, 0.25) is 0 Å². The molecule has 496 valence electrons. The van der Waals surface area contributed by atoms with Crippen LogP contribution in [0.25, 0.3) is 11.2 Å². The largest absolute Gasteiger partial charge is 0.474 e. The number of hydrogen-bond donors (Lipinski definition) is 9. The zero-order valence-corrected chi connectivity index (χ0v) is 53.6. The van der Waals surface area contributed by atoms with E-state index in [2.05, 4.69) is 58.4 Å². The minimum atomic E-state index is -4.37. The number of rotatable bonds is 28. The van der Waals surface area contributed by atoms with Crippen molar-refractivity contribution < 1.29 is 89.8 Å². The maximum Gasteiger partial charge on any atom is 0.410 e. The summed E-state index contributed by atoms with van der Waals surface area (Å²) in [6, 6.07) is 12.4. The van der Waals surface area contributed by atoms with Gasteiger partial charge in [0.1, 0.15) is 56.0 Å². The van der Waals surface area contributed by atoms with Gasteiger partial charge in [-0.2, -0.15) is 4.98 Å². The molecule has 5 aromatic rings. The standard InChI is InChI=1S/C55H74N12O20P2S2/c1-32(2)44(62-42(68)29-80-22-21-79-20-19-78-18-17-77-16-14-56)51(72)60-33(3)49(70)61-37-11-9-34(10-12-37)26-81-55(74)66(4)25-35-7-5-6-8-39(35)50(71)64-54-63-48-45(52(73)65-54)59-31-67(48)53-47-46(69)41(85-53)28-83-88(75,90)86-40-24-38(84-43-13-15-57-30-58-43)23-36(40)27-82-89(76,91)87-47/h5-13,15,30-33,36,38,40-41,44,46-47,53,69H,14,16-29,56H2,1-4H3,(H,60,72)(H,61,70)(H,62,68)(H,75,90)(H,76,91)(H2,63,64,65,71,73)/t33-,36+,38+,40-,41+,44-,46+,47+,53+,88?,89?/m0/s1. The molecule has 2 aromatic carbocycles. The van der Waals surface area contributed by atoms with Crippen LogP contribution in [0.5, 0.6) is 5.88 Å². The van der Waals surface area contributed by atoms with Crippen LogP contribution in [0.3, 0.4) is 0 Å². The molecule has 2 saturated heterocycles. The molecule has 0 spiro atoms. The summed E-state index contributed by atoms with van der Waals surface area (Å²) in [6.45, 7) is -1.96. The molecular formula is C55H74N12O20P2S2. The lowest BCUT2D eigenvalue weighted by molar-refractivity contribution is -0.133. The molecule has 11 atom stereocenters. The summed E-state index contributed by atoms with van der Waals surface area (Å²) >= 11 is 9.61. The van der Waals surface area contributed by atoms with Crippen molar-refractivity contribution >= 4 is 90.1 Å². The molecule has 3 aliphatic rings. The molecule has 91 heavy (non-hydrogen) atoms. The fourth-order valence-electron chi connectivity index (χ4n) is 9.66. The van der Waals surface area contributed by atoms with E-state index in [1.165, 1.54) is 42.0 Å². The van der Waals surface area contributed by atoms with Gasteiger partial charge < -0.3 is 83.3 Å². The Labute approximate surface area is 532 Å². The van der Waals surface area contributed by atoms with Crippen LogP contribution in [0, 0.1) is 11.8 Å². The molecule has 5 amide bonds. The molecule has 2 bridgehead atoms. The number of benzene rings is 2. The molecule has 9 N–H and O–H groups in total. The third-order valence-corrected chi connectivity index (χ3v) is 17.5. The Morgan fingerprint density at radius 1 is 0.890 bits per heavy atom. The van der Waals surface area contributed by atoms with Crippen molar-refractivity contribution in [2.45, 2.75) is 95.6 Å². The average molecular weight is 1350 g/mol. The summed E-state index contributed by atoms with van der Waals surface area (Å²) < 4.78 is 77.6. The molecule has 3 aromatic heterocycles. The fraction of sp³-hybridized carbons (Fsp3) is 0.527. The molecule has 1 aliphatic carbocycles. The van der Waals surface area contributed by atoms with Crippen LogP contribution in [0.1, 0.15) is 61.3 Å². The maximum absolute atomic E-state index is 14.0. The fourth-order valence-corrected chi connectivity index (χ4v) is 12.7. The zero-order valence-electron chi connectivity index (χ0n) is 50.1. The van der Waals surface area contributed by atoms with Gasteiger partial charge in [-0.05, 0) is 60.4 Å². The summed E-state index contributed by atoms with van der Waals surface area (Å²) in [4.78, 5) is 111. The molecule has 1 saturated carbocycles. The summed E-state index contributed by atoms with van der Waals surface area (Å²) in [5, 5.41) is 22.2. The van der Waals surface area contributed by atoms with Gasteiger partial charge in [0.15, 0.2) is 17.4 Å². The number of aromatic amines is 1. The lowest BCUT2D eigenvalue weighted by Gasteiger charge is -2.27. The number of ether oxygens (including phenoxy) is 7. The van der Waals surface area contributed by atoms with Gasteiger partial charge in [-0.1, -0.05) is 56.4 Å². The Hall–Kier alpha value is -6.43. The van der Waals surface area contributed by atoms with Crippen molar-refractivity contribution in [3.8, 4) is 5.88 Å². The number of H-pyrrole nitrogens is 1. The van der Waals surface area contributed by atoms with Crippen molar-refractivity contribution in [3.63, 3.8) is 0 Å². The highest BCUT2D eigenvalue weighted by Crippen LogP contribution is 2.59. The van der Waals surface area contributed by atoms with Crippen LogP contribution < -0.4 is 37.3 Å². The van der Waals surface area contributed by atoms with Crippen molar-refractivity contribution in [2.75, 3.05) is 90.3 Å². The van der Waals surface area contributed by atoms with Gasteiger partial charge in [0, 0.05) is 56.0 Å². The number of nitrogens with zero attached hydrogens (tertiary/aromatic N) is 6. The van der Waals surface area contributed by atoms with Crippen LogP contribution in [-0.2, 0) is 90.4 Å². The number of imidazole rings is 1. The predicted octanol–water partition coefficient (Wildman–Crippen LogP) is 2.73. The summed E-state index contributed by atoms with van der Waals surface area (Å²) in [6.07, 6.45) is -3.44. The van der Waals surface area contributed by atoms with E-state index in [1.54, 1.807) is 62.4 Å². The first kappa shape index (κ1) is 70.4. The molecule has 0 radical (unpaired) electrons. The van der Waals surface area contributed by atoms with Crippen molar-refractivity contribution in [3.05, 3.63) is 100 Å². The van der Waals surface area contributed by atoms with Gasteiger partial charge in [0.25, 0.3) is 11.5 Å². The lowest BCUT2D eigenvalue weighted by atomic mass is 10.0. The highest BCUT2D eigenvalue weighted by atomic mass is 32.7.